The Balaban J connectivity index is 1.11. The number of nitrogens with two attached hydrogens (primary N) is 1. The molecular weight excluding hydrogens is 620 g/mol. The van der Waals surface area contributed by atoms with E-state index in [-0.39, 0.29) is 29.0 Å². The molecule has 0 radical (unpaired) electrons. The van der Waals surface area contributed by atoms with Crippen LogP contribution in [0.4, 0.5) is 0 Å². The Labute approximate surface area is 263 Å². The minimum Gasteiger partial charge on any atom is -0.491 e. The first-order chi connectivity index (χ1) is 21.4. The largest absolute Gasteiger partial charge is 0.491 e. The van der Waals surface area contributed by atoms with Gasteiger partial charge in [0.25, 0.3) is 0 Å². The van der Waals surface area contributed by atoms with Gasteiger partial charge in [0.2, 0.25) is 26.0 Å². The highest BCUT2D eigenvalue weighted by molar-refractivity contribution is 7.89. The van der Waals surface area contributed by atoms with Crippen molar-refractivity contribution in [2.45, 2.75) is 46.8 Å². The number of piperidine rings is 1. The van der Waals surface area contributed by atoms with Crippen LogP contribution in [0, 0.1) is 0 Å². The summed E-state index contributed by atoms with van der Waals surface area (Å²) in [7, 11) is -6.00. The molecule has 1 spiro atoms. The zero-order chi connectivity index (χ0) is 32.2. The number of nitrogens with zero attached hydrogens (tertiary/aromatic N) is 1. The number of benzene rings is 3. The van der Waals surface area contributed by atoms with Crippen molar-refractivity contribution in [2.24, 2.45) is 5.73 Å². The third-order valence-corrected chi connectivity index (χ3v) is 11.6. The van der Waals surface area contributed by atoms with Gasteiger partial charge in [0.15, 0.2) is 0 Å². The van der Waals surface area contributed by atoms with E-state index in [0.29, 0.717) is 50.3 Å². The van der Waals surface area contributed by atoms with E-state index in [9.17, 15) is 26.7 Å². The van der Waals surface area contributed by atoms with Crippen LogP contribution in [-0.2, 0) is 24.8 Å². The number of aliphatic hydroxyl groups excluding tert-OH is 1. The smallest absolute Gasteiger partial charge is 0.248 e. The molecule has 1 amide bonds. The Kier molecular flexibility index (Phi) is 9.94. The predicted molar refractivity (Wildman–Crippen MR) is 168 cm³/mol. The maximum atomic E-state index is 13.5. The van der Waals surface area contributed by atoms with E-state index >= 15 is 0 Å². The fraction of sp³-hybridized carbons (Fsp3) is 0.387. The molecule has 0 aliphatic carbocycles. The standard InChI is InChI=1S/C31H38N4O8S2/c1-33-44(38,39)28-6-3-5-27(17-28)42-21-26(36)19-34-25-18-31(43-20-25)12-14-35(15-13-31)45(40,41)29-7-2-4-24(16-29)22-8-10-23(11-9-22)30(32)37/h2-11,16-17,25-26,33-34,36H,12-15,18-21H2,1H3,(H2,32,37). The molecule has 12 nitrogen and oxygen atoms in total. The molecule has 3 aromatic carbocycles. The van der Waals surface area contributed by atoms with Crippen LogP contribution in [0.1, 0.15) is 29.6 Å². The van der Waals surface area contributed by atoms with Crippen LogP contribution in [0.5, 0.6) is 5.75 Å². The second kappa shape index (κ2) is 13.5. The highest BCUT2D eigenvalue weighted by Crippen LogP contribution is 2.37. The van der Waals surface area contributed by atoms with Crippen LogP contribution in [-0.4, -0.2) is 89.8 Å². The lowest BCUT2D eigenvalue weighted by Gasteiger charge is -2.38. The zero-order valence-electron chi connectivity index (χ0n) is 24.9. The molecule has 0 bridgehead atoms. The zero-order valence-corrected chi connectivity index (χ0v) is 26.5. The Hall–Kier alpha value is -3.37. The number of rotatable bonds is 12. The van der Waals surface area contributed by atoms with E-state index in [0.717, 1.165) is 11.1 Å². The van der Waals surface area contributed by atoms with E-state index in [1.165, 1.54) is 23.5 Å². The number of amides is 1. The van der Waals surface area contributed by atoms with E-state index in [1.54, 1.807) is 54.6 Å². The van der Waals surface area contributed by atoms with Crippen LogP contribution < -0.4 is 20.5 Å². The minimum atomic E-state index is -3.73. The van der Waals surface area contributed by atoms with Gasteiger partial charge in [-0.2, -0.15) is 4.31 Å². The molecule has 0 aromatic heterocycles. The predicted octanol–water partition coefficient (Wildman–Crippen LogP) is 1.70. The molecule has 2 unspecified atom stereocenters. The average Bonchev–Trinajstić information content (AvgIpc) is 3.45. The third kappa shape index (κ3) is 7.72. The van der Waals surface area contributed by atoms with Crippen molar-refractivity contribution in [3.05, 3.63) is 78.4 Å². The summed E-state index contributed by atoms with van der Waals surface area (Å²) in [6, 6.07) is 19.5. The number of ether oxygens (including phenoxy) is 2. The van der Waals surface area contributed by atoms with Crippen molar-refractivity contribution in [1.82, 2.24) is 14.3 Å². The summed E-state index contributed by atoms with van der Waals surface area (Å²) >= 11 is 0. The Morgan fingerprint density at radius 2 is 1.71 bits per heavy atom. The molecule has 0 saturated carbocycles. The second-order valence-corrected chi connectivity index (χ2v) is 15.1. The number of nitrogens with one attached hydrogen (secondary N) is 2. The van der Waals surface area contributed by atoms with Crippen molar-refractivity contribution in [3.63, 3.8) is 0 Å². The van der Waals surface area contributed by atoms with Gasteiger partial charge >= 0.3 is 0 Å². The molecule has 14 heteroatoms. The Morgan fingerprint density at radius 3 is 2.40 bits per heavy atom. The van der Waals surface area contributed by atoms with Crippen molar-refractivity contribution in [3.8, 4) is 16.9 Å². The first-order valence-corrected chi connectivity index (χ1v) is 17.6. The summed E-state index contributed by atoms with van der Waals surface area (Å²) in [5.74, 6) is -0.192. The summed E-state index contributed by atoms with van der Waals surface area (Å²) in [6.07, 6.45) is 0.955. The molecule has 5 rings (SSSR count). The van der Waals surface area contributed by atoms with E-state index in [1.807, 2.05) is 6.07 Å². The van der Waals surface area contributed by atoms with Crippen LogP contribution in [0.25, 0.3) is 11.1 Å². The summed E-state index contributed by atoms with van der Waals surface area (Å²) < 4.78 is 66.6. The summed E-state index contributed by atoms with van der Waals surface area (Å²) in [5, 5.41) is 13.8. The van der Waals surface area contributed by atoms with Crippen molar-refractivity contribution < 1.29 is 36.2 Å². The molecule has 5 N–H and O–H groups in total. The molecule has 2 aliphatic rings. The van der Waals surface area contributed by atoms with Crippen LogP contribution in [0.15, 0.2) is 82.6 Å². The lowest BCUT2D eigenvalue weighted by molar-refractivity contribution is -0.0312. The number of primary amides is 1. The lowest BCUT2D eigenvalue weighted by Crippen LogP contribution is -2.47. The lowest BCUT2D eigenvalue weighted by atomic mass is 9.88. The van der Waals surface area contributed by atoms with E-state index < -0.39 is 37.7 Å². The van der Waals surface area contributed by atoms with Gasteiger partial charge in [-0.15, -0.1) is 0 Å². The fourth-order valence-electron chi connectivity index (χ4n) is 5.67. The quantitative estimate of drug-likeness (QED) is 0.226. The number of carbonyl (C=O) groups is 1. The van der Waals surface area contributed by atoms with Gasteiger partial charge in [-0.1, -0.05) is 30.3 Å². The second-order valence-electron chi connectivity index (χ2n) is 11.3. The maximum absolute atomic E-state index is 13.5. The topological polar surface area (TPSA) is 177 Å². The third-order valence-electron chi connectivity index (χ3n) is 8.29. The van der Waals surface area contributed by atoms with E-state index in [2.05, 4.69) is 10.0 Å². The summed E-state index contributed by atoms with van der Waals surface area (Å²) in [4.78, 5) is 11.7. The molecular formula is C31H38N4O8S2. The SMILES string of the molecule is CNS(=O)(=O)c1cccc(OCC(O)CNC2COC3(CCN(S(=O)(=O)c4cccc(-c5ccc(C(N)=O)cc5)c4)CC3)C2)c1. The van der Waals surface area contributed by atoms with E-state index in [4.69, 9.17) is 15.2 Å². The van der Waals surface area contributed by atoms with Crippen molar-refractivity contribution in [1.29, 1.82) is 0 Å². The molecule has 242 valence electrons. The monoisotopic (exact) mass is 658 g/mol. The highest BCUT2D eigenvalue weighted by atomic mass is 32.2. The maximum Gasteiger partial charge on any atom is 0.248 e. The van der Waals surface area contributed by atoms with Crippen LogP contribution in [0.2, 0.25) is 0 Å². The first kappa shape index (κ1) is 33.0. The Bertz CT molecular complexity index is 1720. The number of hydrogen-bond acceptors (Lipinski definition) is 9. The molecule has 2 heterocycles. The van der Waals surface area contributed by atoms with Crippen molar-refractivity contribution >= 4 is 26.0 Å². The molecule has 2 atom stereocenters. The molecule has 3 aromatic rings. The first-order valence-electron chi connectivity index (χ1n) is 14.6. The van der Waals surface area contributed by atoms with Gasteiger partial charge in [0, 0.05) is 37.3 Å². The Morgan fingerprint density at radius 1 is 1.02 bits per heavy atom. The summed E-state index contributed by atoms with van der Waals surface area (Å²) in [6.45, 7) is 1.32. The number of hydrogen-bond donors (Lipinski definition) is 4. The van der Waals surface area contributed by atoms with Gasteiger partial charge in [-0.05, 0) is 73.8 Å². The van der Waals surface area contributed by atoms with Gasteiger partial charge in [-0.25, -0.2) is 21.6 Å². The average molecular weight is 659 g/mol. The highest BCUT2D eigenvalue weighted by Gasteiger charge is 2.44. The molecule has 2 fully saturated rings. The van der Waals surface area contributed by atoms with Gasteiger partial charge in [0.05, 0.1) is 22.0 Å². The van der Waals surface area contributed by atoms with Gasteiger partial charge in [0.1, 0.15) is 18.5 Å². The molecule has 45 heavy (non-hydrogen) atoms. The number of aliphatic hydroxyl groups is 1. The van der Waals surface area contributed by atoms with Crippen molar-refractivity contribution in [2.75, 3.05) is 39.9 Å². The van der Waals surface area contributed by atoms with Crippen LogP contribution in [0.3, 0.4) is 0 Å². The summed E-state index contributed by atoms with van der Waals surface area (Å²) in [5.41, 5.74) is 6.76. The van der Waals surface area contributed by atoms with Gasteiger partial charge in [-0.3, -0.25) is 4.79 Å². The number of sulfonamides is 2. The molecule has 2 saturated heterocycles. The molecule has 2 aliphatic heterocycles. The number of carbonyl (C=O) groups excluding carboxylic acids is 1. The normalized spacial score (nSPS) is 19.4. The van der Waals surface area contributed by atoms with Gasteiger partial charge < -0.3 is 25.6 Å². The fourth-order valence-corrected chi connectivity index (χ4v) is 7.93. The van der Waals surface area contributed by atoms with Crippen LogP contribution >= 0.6 is 0 Å². The minimum absolute atomic E-state index is 0.00968.